The highest BCUT2D eigenvalue weighted by molar-refractivity contribution is 5.68. The van der Waals surface area contributed by atoms with E-state index in [9.17, 15) is 9.59 Å². The zero-order chi connectivity index (χ0) is 17.2. The van der Waals surface area contributed by atoms with E-state index in [0.717, 1.165) is 6.42 Å². The second-order valence-electron chi connectivity index (χ2n) is 6.73. The van der Waals surface area contributed by atoms with E-state index in [4.69, 9.17) is 14.6 Å². The van der Waals surface area contributed by atoms with Gasteiger partial charge in [0.1, 0.15) is 5.60 Å². The fourth-order valence-electron chi connectivity index (χ4n) is 1.74. The Hall–Kier alpha value is -1.30. The number of hydrogen-bond donors (Lipinski definition) is 2. The molecule has 0 saturated carbocycles. The Bertz CT molecular complexity index is 338. The molecule has 6 heteroatoms. The molecule has 0 radical (unpaired) electrons. The summed E-state index contributed by atoms with van der Waals surface area (Å²) in [4.78, 5) is 22.4. The Morgan fingerprint density at radius 3 is 2.36 bits per heavy atom. The van der Waals surface area contributed by atoms with Crippen molar-refractivity contribution >= 4 is 12.1 Å². The molecule has 22 heavy (non-hydrogen) atoms. The SMILES string of the molecule is CC[C@@H](C)COC[C@H](CCNC(=O)OC(C)(C)C)CC(=O)O. The highest BCUT2D eigenvalue weighted by Gasteiger charge is 2.18. The molecule has 2 N–H and O–H groups in total. The molecular weight excluding hydrogens is 286 g/mol. The minimum absolute atomic E-state index is 0.0382. The standard InChI is InChI=1S/C16H31NO5/c1-6-12(2)10-21-11-13(9-14(18)19)7-8-17-15(20)22-16(3,4)5/h12-13H,6-11H2,1-5H3,(H,17,20)(H,18,19)/t12-,13-/m1/s1. The zero-order valence-electron chi connectivity index (χ0n) is 14.5. The van der Waals surface area contributed by atoms with Gasteiger partial charge in [0.05, 0.1) is 13.0 Å². The van der Waals surface area contributed by atoms with Gasteiger partial charge in [0, 0.05) is 13.2 Å². The summed E-state index contributed by atoms with van der Waals surface area (Å²) in [6.07, 6.45) is 1.13. The maximum absolute atomic E-state index is 11.5. The van der Waals surface area contributed by atoms with E-state index in [0.29, 0.717) is 32.1 Å². The summed E-state index contributed by atoms with van der Waals surface area (Å²) in [7, 11) is 0. The molecule has 0 rings (SSSR count). The molecule has 0 heterocycles. The molecule has 0 spiro atoms. The Morgan fingerprint density at radius 1 is 1.23 bits per heavy atom. The number of hydrogen-bond acceptors (Lipinski definition) is 4. The first-order valence-electron chi connectivity index (χ1n) is 7.90. The largest absolute Gasteiger partial charge is 0.481 e. The number of carboxylic acid groups (broad SMARTS) is 1. The van der Waals surface area contributed by atoms with Gasteiger partial charge in [0.25, 0.3) is 0 Å². The van der Waals surface area contributed by atoms with Crippen molar-refractivity contribution in [2.24, 2.45) is 11.8 Å². The van der Waals surface area contributed by atoms with E-state index in [1.165, 1.54) is 0 Å². The summed E-state index contributed by atoms with van der Waals surface area (Å²) in [5.74, 6) is -0.503. The number of carbonyl (C=O) groups is 2. The van der Waals surface area contributed by atoms with Crippen LogP contribution in [-0.2, 0) is 14.3 Å². The summed E-state index contributed by atoms with van der Waals surface area (Å²) in [6, 6.07) is 0. The maximum Gasteiger partial charge on any atom is 0.407 e. The monoisotopic (exact) mass is 317 g/mol. The molecule has 0 aliphatic rings. The molecule has 1 amide bonds. The number of aliphatic carboxylic acids is 1. The van der Waals surface area contributed by atoms with Crippen LogP contribution in [0.2, 0.25) is 0 Å². The zero-order valence-corrected chi connectivity index (χ0v) is 14.5. The van der Waals surface area contributed by atoms with Crippen LogP contribution in [0.25, 0.3) is 0 Å². The van der Waals surface area contributed by atoms with Crippen LogP contribution in [0.5, 0.6) is 0 Å². The molecule has 0 aromatic rings. The lowest BCUT2D eigenvalue weighted by atomic mass is 10.0. The van der Waals surface area contributed by atoms with E-state index in [2.05, 4.69) is 19.2 Å². The average Bonchev–Trinajstić information content (AvgIpc) is 2.35. The van der Waals surface area contributed by atoms with E-state index >= 15 is 0 Å². The molecular formula is C16H31NO5. The minimum atomic E-state index is -0.852. The first-order valence-corrected chi connectivity index (χ1v) is 7.90. The van der Waals surface area contributed by atoms with Crippen LogP contribution in [0.4, 0.5) is 4.79 Å². The Labute approximate surface area is 133 Å². The van der Waals surface area contributed by atoms with Gasteiger partial charge < -0.3 is 19.9 Å². The van der Waals surface area contributed by atoms with E-state index < -0.39 is 17.7 Å². The third-order valence-electron chi connectivity index (χ3n) is 3.14. The molecule has 0 bridgehead atoms. The summed E-state index contributed by atoms with van der Waals surface area (Å²) in [5.41, 5.74) is -0.538. The van der Waals surface area contributed by atoms with Crippen LogP contribution in [0.15, 0.2) is 0 Å². The van der Waals surface area contributed by atoms with E-state index in [1.54, 1.807) is 20.8 Å². The Balaban J connectivity index is 4.08. The predicted molar refractivity (Wildman–Crippen MR) is 84.9 cm³/mol. The van der Waals surface area contributed by atoms with Crippen molar-refractivity contribution in [3.8, 4) is 0 Å². The quantitative estimate of drug-likeness (QED) is 0.647. The lowest BCUT2D eigenvalue weighted by Gasteiger charge is -2.21. The first kappa shape index (κ1) is 20.7. The van der Waals surface area contributed by atoms with Gasteiger partial charge in [-0.25, -0.2) is 4.79 Å². The van der Waals surface area contributed by atoms with Gasteiger partial charge in [-0.3, -0.25) is 4.79 Å². The normalized spacial score (nSPS) is 14.2. The highest BCUT2D eigenvalue weighted by atomic mass is 16.6. The van der Waals surface area contributed by atoms with Crippen molar-refractivity contribution in [2.45, 2.75) is 59.5 Å². The molecule has 0 aromatic heterocycles. The second kappa shape index (κ2) is 10.4. The van der Waals surface area contributed by atoms with Gasteiger partial charge in [-0.15, -0.1) is 0 Å². The highest BCUT2D eigenvalue weighted by Crippen LogP contribution is 2.11. The molecule has 2 atom stereocenters. The number of ether oxygens (including phenoxy) is 2. The lowest BCUT2D eigenvalue weighted by Crippen LogP contribution is -2.34. The van der Waals surface area contributed by atoms with E-state index in [1.807, 2.05) is 0 Å². The number of nitrogens with one attached hydrogen (secondary N) is 1. The fraction of sp³-hybridized carbons (Fsp3) is 0.875. The number of carboxylic acids is 1. The van der Waals surface area contributed by atoms with Crippen molar-refractivity contribution in [3.63, 3.8) is 0 Å². The summed E-state index contributed by atoms with van der Waals surface area (Å²) < 4.78 is 10.7. The molecule has 130 valence electrons. The first-order chi connectivity index (χ1) is 10.1. The van der Waals surface area contributed by atoms with Crippen LogP contribution in [0.1, 0.15) is 53.9 Å². The van der Waals surface area contributed by atoms with Crippen LogP contribution >= 0.6 is 0 Å². The summed E-state index contributed by atoms with van der Waals surface area (Å²) in [5, 5.41) is 11.6. The topological polar surface area (TPSA) is 84.9 Å². The molecule has 0 fully saturated rings. The third-order valence-corrected chi connectivity index (χ3v) is 3.14. The number of rotatable bonds is 10. The summed E-state index contributed by atoms with van der Waals surface area (Å²) in [6.45, 7) is 11.0. The van der Waals surface area contributed by atoms with E-state index in [-0.39, 0.29) is 12.3 Å². The number of alkyl carbamates (subject to hydrolysis) is 1. The van der Waals surface area contributed by atoms with Gasteiger partial charge in [-0.05, 0) is 39.0 Å². The molecule has 0 aliphatic carbocycles. The van der Waals surface area contributed by atoms with Crippen molar-refractivity contribution in [1.29, 1.82) is 0 Å². The predicted octanol–water partition coefficient (Wildman–Crippen LogP) is 3.05. The average molecular weight is 317 g/mol. The fourth-order valence-corrected chi connectivity index (χ4v) is 1.74. The van der Waals surface area contributed by atoms with Crippen molar-refractivity contribution in [3.05, 3.63) is 0 Å². The molecule has 6 nitrogen and oxygen atoms in total. The number of amides is 1. The molecule has 0 aliphatic heterocycles. The lowest BCUT2D eigenvalue weighted by molar-refractivity contribution is -0.138. The van der Waals surface area contributed by atoms with Crippen LogP contribution in [-0.4, -0.2) is 42.5 Å². The van der Waals surface area contributed by atoms with Crippen LogP contribution < -0.4 is 5.32 Å². The Kier molecular flexibility index (Phi) is 9.81. The third kappa shape index (κ3) is 12.4. The van der Waals surface area contributed by atoms with Crippen molar-refractivity contribution in [2.75, 3.05) is 19.8 Å². The second-order valence-corrected chi connectivity index (χ2v) is 6.73. The minimum Gasteiger partial charge on any atom is -0.481 e. The van der Waals surface area contributed by atoms with Crippen molar-refractivity contribution < 1.29 is 24.2 Å². The Morgan fingerprint density at radius 2 is 1.86 bits per heavy atom. The summed E-state index contributed by atoms with van der Waals surface area (Å²) >= 11 is 0. The number of carbonyl (C=O) groups excluding carboxylic acids is 1. The maximum atomic E-state index is 11.5. The molecule has 0 saturated heterocycles. The van der Waals surface area contributed by atoms with Gasteiger partial charge >= 0.3 is 12.1 Å². The van der Waals surface area contributed by atoms with Gasteiger partial charge in [0.2, 0.25) is 0 Å². The van der Waals surface area contributed by atoms with Crippen LogP contribution in [0, 0.1) is 11.8 Å². The molecule has 0 unspecified atom stereocenters. The van der Waals surface area contributed by atoms with Crippen molar-refractivity contribution in [1.82, 2.24) is 5.32 Å². The van der Waals surface area contributed by atoms with Crippen LogP contribution in [0.3, 0.4) is 0 Å². The molecule has 0 aromatic carbocycles. The smallest absolute Gasteiger partial charge is 0.407 e. The van der Waals surface area contributed by atoms with Gasteiger partial charge in [-0.2, -0.15) is 0 Å². The van der Waals surface area contributed by atoms with Gasteiger partial charge in [0.15, 0.2) is 0 Å². The van der Waals surface area contributed by atoms with Gasteiger partial charge in [-0.1, -0.05) is 20.3 Å².